The Kier molecular flexibility index (Phi) is 2.79. The van der Waals surface area contributed by atoms with Crippen molar-refractivity contribution >= 4 is 6.08 Å². The van der Waals surface area contributed by atoms with Crippen molar-refractivity contribution in [1.29, 1.82) is 0 Å². The topological polar surface area (TPSA) is 0 Å². The minimum Gasteiger partial charge on any atom is -0.0952 e. The third-order valence-electron chi connectivity index (χ3n) is 3.88. The lowest BCUT2D eigenvalue weighted by molar-refractivity contribution is 0.781. The van der Waals surface area contributed by atoms with Crippen LogP contribution in [-0.4, -0.2) is 0 Å². The van der Waals surface area contributed by atoms with Crippen molar-refractivity contribution in [3.63, 3.8) is 0 Å². The van der Waals surface area contributed by atoms with E-state index in [-0.39, 0.29) is 0 Å². The first kappa shape index (κ1) is 11.3. The molecule has 0 nitrogen and oxygen atoms in total. The molecule has 18 heavy (non-hydrogen) atoms. The molecule has 0 amide bonds. The van der Waals surface area contributed by atoms with Crippen LogP contribution in [0.4, 0.5) is 0 Å². The second-order valence-electron chi connectivity index (χ2n) is 5.25. The van der Waals surface area contributed by atoms with Gasteiger partial charge in [0.1, 0.15) is 0 Å². The van der Waals surface area contributed by atoms with Gasteiger partial charge in [-0.05, 0) is 36.5 Å². The maximum Gasteiger partial charge on any atom is 0.0127 e. The molecule has 90 valence electrons. The minimum atomic E-state index is 0.455. The molecule has 0 spiro atoms. The van der Waals surface area contributed by atoms with Crippen LogP contribution in [0.25, 0.3) is 6.08 Å². The van der Waals surface area contributed by atoms with E-state index in [0.717, 1.165) is 12.8 Å². The number of benzene rings is 1. The van der Waals surface area contributed by atoms with Gasteiger partial charge in [-0.3, -0.25) is 0 Å². The van der Waals surface area contributed by atoms with Gasteiger partial charge in [0.15, 0.2) is 0 Å². The zero-order valence-corrected chi connectivity index (χ0v) is 10.8. The fourth-order valence-corrected chi connectivity index (χ4v) is 2.87. The number of rotatable bonds is 2. The predicted molar refractivity (Wildman–Crippen MR) is 78.4 cm³/mol. The van der Waals surface area contributed by atoms with E-state index in [1.807, 2.05) is 0 Å². The summed E-state index contributed by atoms with van der Waals surface area (Å²) in [5, 5.41) is 0. The minimum absolute atomic E-state index is 0.455. The van der Waals surface area contributed by atoms with Crippen LogP contribution in [-0.2, 0) is 0 Å². The average molecular weight is 234 g/mol. The Morgan fingerprint density at radius 3 is 2.83 bits per heavy atom. The van der Waals surface area contributed by atoms with Gasteiger partial charge in [-0.1, -0.05) is 66.3 Å². The molecule has 0 heterocycles. The van der Waals surface area contributed by atoms with Gasteiger partial charge in [-0.25, -0.2) is 0 Å². The summed E-state index contributed by atoms with van der Waals surface area (Å²) in [6.45, 7) is 6.40. The molecule has 3 rings (SSSR count). The van der Waals surface area contributed by atoms with Crippen LogP contribution in [0.5, 0.6) is 0 Å². The monoisotopic (exact) mass is 234 g/mol. The molecule has 2 aliphatic rings. The summed E-state index contributed by atoms with van der Waals surface area (Å²) in [5.74, 6) is 0.455. The van der Waals surface area contributed by atoms with E-state index in [9.17, 15) is 0 Å². The molecule has 0 heteroatoms. The van der Waals surface area contributed by atoms with Crippen LogP contribution >= 0.6 is 0 Å². The van der Waals surface area contributed by atoms with E-state index in [4.69, 9.17) is 0 Å². The van der Waals surface area contributed by atoms with Gasteiger partial charge in [0.2, 0.25) is 0 Å². The van der Waals surface area contributed by atoms with Gasteiger partial charge in [-0.15, -0.1) is 0 Å². The van der Waals surface area contributed by atoms with E-state index in [1.54, 1.807) is 0 Å². The smallest absolute Gasteiger partial charge is 0.0127 e. The fourth-order valence-electron chi connectivity index (χ4n) is 2.87. The average Bonchev–Trinajstić information content (AvgIpc) is 2.79. The highest BCUT2D eigenvalue weighted by molar-refractivity contribution is 5.64. The van der Waals surface area contributed by atoms with Gasteiger partial charge >= 0.3 is 0 Å². The van der Waals surface area contributed by atoms with Gasteiger partial charge in [0.05, 0.1) is 0 Å². The maximum absolute atomic E-state index is 4.22. The summed E-state index contributed by atoms with van der Waals surface area (Å²) in [4.78, 5) is 0. The number of fused-ring (bicyclic) bond motifs is 1. The molecule has 0 aliphatic heterocycles. The van der Waals surface area contributed by atoms with E-state index < -0.39 is 0 Å². The summed E-state index contributed by atoms with van der Waals surface area (Å²) in [7, 11) is 0. The zero-order chi connectivity index (χ0) is 12.5. The number of hydrogen-bond acceptors (Lipinski definition) is 0. The van der Waals surface area contributed by atoms with Crippen molar-refractivity contribution in [2.45, 2.75) is 25.7 Å². The molecule has 2 aliphatic carbocycles. The normalized spacial score (nSPS) is 21.6. The highest BCUT2D eigenvalue weighted by atomic mass is 14.2. The summed E-state index contributed by atoms with van der Waals surface area (Å²) >= 11 is 0. The van der Waals surface area contributed by atoms with E-state index in [0.29, 0.717) is 5.92 Å². The molecule has 0 saturated carbocycles. The largest absolute Gasteiger partial charge is 0.0952 e. The van der Waals surface area contributed by atoms with Crippen LogP contribution in [0, 0.1) is 0 Å². The molecular formula is C18H18. The Balaban J connectivity index is 1.90. The molecule has 0 bridgehead atoms. The van der Waals surface area contributed by atoms with Gasteiger partial charge in [0.25, 0.3) is 0 Å². The Labute approximate surface area is 109 Å². The zero-order valence-electron chi connectivity index (χ0n) is 10.8. The Morgan fingerprint density at radius 1 is 1.22 bits per heavy atom. The van der Waals surface area contributed by atoms with E-state index in [2.05, 4.69) is 62.1 Å². The quantitative estimate of drug-likeness (QED) is 0.674. The van der Waals surface area contributed by atoms with Crippen LogP contribution in [0.2, 0.25) is 0 Å². The molecule has 0 N–H and O–H groups in total. The number of allylic oxidation sites excluding steroid dienone is 6. The van der Waals surface area contributed by atoms with Crippen molar-refractivity contribution in [3.05, 3.63) is 76.9 Å². The lowest BCUT2D eigenvalue weighted by Crippen LogP contribution is -2.07. The Hall–Kier alpha value is -1.82. The summed E-state index contributed by atoms with van der Waals surface area (Å²) in [6, 6.07) is 8.67. The van der Waals surface area contributed by atoms with Gasteiger partial charge < -0.3 is 0 Å². The molecule has 1 aromatic rings. The van der Waals surface area contributed by atoms with E-state index in [1.165, 1.54) is 27.8 Å². The van der Waals surface area contributed by atoms with Crippen LogP contribution in [0.3, 0.4) is 0 Å². The second kappa shape index (κ2) is 4.45. The first-order chi connectivity index (χ1) is 8.74. The lowest BCUT2D eigenvalue weighted by Gasteiger charge is -2.24. The first-order valence-corrected chi connectivity index (χ1v) is 6.56. The predicted octanol–water partition coefficient (Wildman–Crippen LogP) is 5.02. The van der Waals surface area contributed by atoms with Crippen LogP contribution < -0.4 is 0 Å². The maximum atomic E-state index is 4.22. The van der Waals surface area contributed by atoms with Crippen LogP contribution in [0.15, 0.2) is 65.8 Å². The van der Waals surface area contributed by atoms with Crippen molar-refractivity contribution in [3.8, 4) is 0 Å². The third kappa shape index (κ3) is 1.99. The molecular weight excluding hydrogens is 216 g/mol. The molecule has 0 saturated heterocycles. The highest BCUT2D eigenvalue weighted by Crippen LogP contribution is 2.38. The Morgan fingerprint density at radius 2 is 2.06 bits per heavy atom. The molecule has 1 atom stereocenters. The summed E-state index contributed by atoms with van der Waals surface area (Å²) < 4.78 is 0. The molecule has 0 aromatic heterocycles. The molecule has 0 radical (unpaired) electrons. The van der Waals surface area contributed by atoms with Crippen LogP contribution in [0.1, 0.15) is 36.8 Å². The summed E-state index contributed by atoms with van der Waals surface area (Å²) in [5.41, 5.74) is 6.94. The van der Waals surface area contributed by atoms with E-state index >= 15 is 0 Å². The van der Waals surface area contributed by atoms with Crippen molar-refractivity contribution in [2.75, 3.05) is 0 Å². The number of hydrogen-bond donors (Lipinski definition) is 0. The SMILES string of the molecule is C=C1C=Cc2ccccc2C1CC1=CC(C)=CC1. The lowest BCUT2D eigenvalue weighted by atomic mass is 9.80. The molecule has 1 unspecified atom stereocenters. The van der Waals surface area contributed by atoms with Crippen molar-refractivity contribution in [1.82, 2.24) is 0 Å². The summed E-state index contributed by atoms with van der Waals surface area (Å²) in [6.07, 6.45) is 11.2. The highest BCUT2D eigenvalue weighted by Gasteiger charge is 2.21. The molecule has 0 fully saturated rings. The Bertz CT molecular complexity index is 582. The van der Waals surface area contributed by atoms with Crippen molar-refractivity contribution in [2.24, 2.45) is 0 Å². The van der Waals surface area contributed by atoms with Gasteiger partial charge in [0, 0.05) is 5.92 Å². The second-order valence-corrected chi connectivity index (χ2v) is 5.25. The molecule has 1 aromatic carbocycles. The third-order valence-corrected chi connectivity index (χ3v) is 3.88. The first-order valence-electron chi connectivity index (χ1n) is 6.56. The van der Waals surface area contributed by atoms with Crippen molar-refractivity contribution < 1.29 is 0 Å². The van der Waals surface area contributed by atoms with Gasteiger partial charge in [-0.2, -0.15) is 0 Å². The standard InChI is InChI=1S/C18H18/c1-13-7-9-15(11-13)12-18-14(2)8-10-16-5-3-4-6-17(16)18/h3-8,10-11,18H,2,9,12H2,1H3. The fraction of sp³-hybridized carbons (Fsp3) is 0.222.